The van der Waals surface area contributed by atoms with Crippen LogP contribution in [0.2, 0.25) is 0 Å². The van der Waals surface area contributed by atoms with Crippen LogP contribution in [0.5, 0.6) is 0 Å². The van der Waals surface area contributed by atoms with Crippen molar-refractivity contribution in [3.63, 3.8) is 0 Å². The molecule has 3 rings (SSSR count). The molecular weight excluding hydrogens is 236 g/mol. The molecule has 2 aromatic heterocycles. The molecule has 7 heteroatoms. The maximum absolute atomic E-state index is 8.89. The van der Waals surface area contributed by atoms with Crippen LogP contribution >= 0.6 is 11.3 Å². The minimum Gasteiger partial charge on any atom is -0.397 e. The Morgan fingerprint density at radius 2 is 2.35 bits per heavy atom. The summed E-state index contributed by atoms with van der Waals surface area (Å²) < 4.78 is 2.04. The fraction of sp³-hybridized carbons (Fsp3) is 0.300. The first-order valence-electron chi connectivity index (χ1n) is 5.19. The van der Waals surface area contributed by atoms with Crippen molar-refractivity contribution in [1.82, 2.24) is 14.8 Å². The van der Waals surface area contributed by atoms with Gasteiger partial charge in [-0.25, -0.2) is 0 Å². The average Bonchev–Trinajstić information content (AvgIpc) is 2.93. The van der Waals surface area contributed by atoms with Gasteiger partial charge >= 0.3 is 0 Å². The van der Waals surface area contributed by atoms with Crippen LogP contribution in [0.25, 0.3) is 0 Å². The zero-order valence-electron chi connectivity index (χ0n) is 9.00. The number of nitrogen functional groups attached to an aromatic ring is 1. The lowest BCUT2D eigenvalue weighted by atomic mass is 10.3. The third kappa shape index (κ3) is 1.62. The summed E-state index contributed by atoms with van der Waals surface area (Å²) in [6, 6.07) is 3.96. The fourth-order valence-corrected chi connectivity index (χ4v) is 2.79. The van der Waals surface area contributed by atoms with Gasteiger partial charge in [-0.2, -0.15) is 5.26 Å². The summed E-state index contributed by atoms with van der Waals surface area (Å²) in [6.45, 7) is 2.46. The zero-order chi connectivity index (χ0) is 11.8. The molecule has 2 N–H and O–H groups in total. The number of anilines is 2. The van der Waals surface area contributed by atoms with Crippen LogP contribution in [0.3, 0.4) is 0 Å². The highest BCUT2D eigenvalue weighted by molar-refractivity contribution is 7.17. The summed E-state index contributed by atoms with van der Waals surface area (Å²) in [6.07, 6.45) is 1.75. The molecule has 0 aromatic carbocycles. The molecule has 0 radical (unpaired) electrons. The van der Waals surface area contributed by atoms with E-state index in [9.17, 15) is 0 Å². The molecule has 0 saturated carbocycles. The van der Waals surface area contributed by atoms with E-state index in [0.717, 1.165) is 23.9 Å². The van der Waals surface area contributed by atoms with E-state index in [2.05, 4.69) is 21.2 Å². The molecule has 6 nitrogen and oxygen atoms in total. The number of aromatic nitrogens is 3. The molecule has 2 aromatic rings. The van der Waals surface area contributed by atoms with E-state index in [0.29, 0.717) is 17.1 Å². The number of thiophene rings is 1. The second-order valence-corrected chi connectivity index (χ2v) is 4.87. The molecule has 17 heavy (non-hydrogen) atoms. The van der Waals surface area contributed by atoms with Crippen LogP contribution in [0.1, 0.15) is 10.7 Å². The van der Waals surface area contributed by atoms with Crippen LogP contribution in [-0.4, -0.2) is 21.3 Å². The topological polar surface area (TPSA) is 83.8 Å². The van der Waals surface area contributed by atoms with E-state index in [1.54, 1.807) is 6.33 Å². The van der Waals surface area contributed by atoms with Gasteiger partial charge in [0.2, 0.25) is 0 Å². The lowest BCUT2D eigenvalue weighted by molar-refractivity contribution is 0.562. The van der Waals surface area contributed by atoms with E-state index in [-0.39, 0.29) is 0 Å². The van der Waals surface area contributed by atoms with Gasteiger partial charge < -0.3 is 15.2 Å². The Hall–Kier alpha value is -2.07. The second-order valence-electron chi connectivity index (χ2n) is 3.84. The van der Waals surface area contributed by atoms with E-state index in [1.165, 1.54) is 11.3 Å². The minimum absolute atomic E-state index is 0.555. The number of hydrogen-bond donors (Lipinski definition) is 1. The van der Waals surface area contributed by atoms with Gasteiger partial charge in [0.05, 0.1) is 17.2 Å². The summed E-state index contributed by atoms with van der Waals surface area (Å²) in [5.41, 5.74) is 6.32. The Bertz CT molecular complexity index is 592. The van der Waals surface area contributed by atoms with Crippen LogP contribution in [0.4, 0.5) is 10.7 Å². The lowest BCUT2D eigenvalue weighted by Crippen LogP contribution is -2.32. The predicted molar refractivity (Wildman–Crippen MR) is 64.5 cm³/mol. The van der Waals surface area contributed by atoms with Crippen molar-refractivity contribution < 1.29 is 0 Å². The van der Waals surface area contributed by atoms with Gasteiger partial charge in [0.25, 0.3) is 0 Å². The minimum atomic E-state index is 0.555. The second kappa shape index (κ2) is 3.75. The van der Waals surface area contributed by atoms with E-state index in [1.807, 2.05) is 10.6 Å². The first kappa shape index (κ1) is 10.1. The Kier molecular flexibility index (Phi) is 2.23. The molecule has 0 spiro atoms. The monoisotopic (exact) mass is 246 g/mol. The number of nitriles is 1. The molecule has 1 aliphatic rings. The molecule has 86 valence electrons. The van der Waals surface area contributed by atoms with E-state index >= 15 is 0 Å². The van der Waals surface area contributed by atoms with E-state index < -0.39 is 0 Å². The molecule has 0 atom stereocenters. The third-order valence-electron chi connectivity index (χ3n) is 2.80. The standard InChI is InChI=1S/C10H10N6S/c11-4-8-7(12)3-10(17-8)15-1-2-16-6-13-14-9(16)5-15/h3,6H,1-2,5,12H2. The van der Waals surface area contributed by atoms with Crippen LogP contribution < -0.4 is 10.6 Å². The number of fused-ring (bicyclic) bond motifs is 1. The zero-order valence-corrected chi connectivity index (χ0v) is 9.81. The third-order valence-corrected chi connectivity index (χ3v) is 3.92. The number of nitrogens with zero attached hydrogens (tertiary/aromatic N) is 5. The summed E-state index contributed by atoms with van der Waals surface area (Å²) >= 11 is 1.43. The first-order chi connectivity index (χ1) is 8.28. The average molecular weight is 246 g/mol. The Morgan fingerprint density at radius 3 is 3.12 bits per heavy atom. The molecule has 3 heterocycles. The fourth-order valence-electron chi connectivity index (χ4n) is 1.89. The maximum atomic E-state index is 8.89. The Morgan fingerprint density at radius 1 is 1.47 bits per heavy atom. The van der Waals surface area contributed by atoms with Crippen molar-refractivity contribution in [2.75, 3.05) is 17.2 Å². The predicted octanol–water partition coefficient (Wildman–Crippen LogP) is 0.814. The maximum Gasteiger partial charge on any atom is 0.152 e. The molecule has 0 aliphatic carbocycles. The quantitative estimate of drug-likeness (QED) is 0.805. The van der Waals surface area contributed by atoms with Crippen LogP contribution in [-0.2, 0) is 13.1 Å². The van der Waals surface area contributed by atoms with Crippen LogP contribution in [0.15, 0.2) is 12.4 Å². The smallest absolute Gasteiger partial charge is 0.152 e. The molecule has 1 aliphatic heterocycles. The van der Waals surface area contributed by atoms with Crippen molar-refractivity contribution in [2.24, 2.45) is 0 Å². The van der Waals surface area contributed by atoms with Gasteiger partial charge in [-0.05, 0) is 6.07 Å². The Balaban J connectivity index is 1.89. The van der Waals surface area contributed by atoms with Crippen molar-refractivity contribution in [3.8, 4) is 6.07 Å². The molecule has 0 bridgehead atoms. The number of nitrogens with two attached hydrogens (primary N) is 1. The highest BCUT2D eigenvalue weighted by atomic mass is 32.1. The highest BCUT2D eigenvalue weighted by Crippen LogP contribution is 2.33. The van der Waals surface area contributed by atoms with Gasteiger partial charge in [0, 0.05) is 13.1 Å². The molecule has 0 saturated heterocycles. The first-order valence-corrected chi connectivity index (χ1v) is 6.00. The molecule has 0 unspecified atom stereocenters. The van der Waals surface area contributed by atoms with Crippen LogP contribution in [0, 0.1) is 11.3 Å². The highest BCUT2D eigenvalue weighted by Gasteiger charge is 2.20. The normalized spacial score (nSPS) is 14.4. The SMILES string of the molecule is N#Cc1sc(N2CCn3cnnc3C2)cc1N. The van der Waals surface area contributed by atoms with Gasteiger partial charge in [0.1, 0.15) is 17.3 Å². The Labute approximate surface area is 102 Å². The lowest BCUT2D eigenvalue weighted by Gasteiger charge is -2.27. The van der Waals surface area contributed by atoms with Gasteiger partial charge in [-0.15, -0.1) is 21.5 Å². The summed E-state index contributed by atoms with van der Waals surface area (Å²) in [5, 5.41) is 17.9. The van der Waals surface area contributed by atoms with Crippen molar-refractivity contribution >= 4 is 22.0 Å². The summed E-state index contributed by atoms with van der Waals surface area (Å²) in [5.74, 6) is 0.946. The van der Waals surface area contributed by atoms with Crippen molar-refractivity contribution in [3.05, 3.63) is 23.1 Å². The van der Waals surface area contributed by atoms with Gasteiger partial charge in [-0.1, -0.05) is 0 Å². The number of rotatable bonds is 1. The molecule has 0 amide bonds. The van der Waals surface area contributed by atoms with Crippen molar-refractivity contribution in [1.29, 1.82) is 5.26 Å². The summed E-state index contributed by atoms with van der Waals surface area (Å²) in [7, 11) is 0. The summed E-state index contributed by atoms with van der Waals surface area (Å²) in [4.78, 5) is 2.75. The molecular formula is C10H10N6S. The van der Waals surface area contributed by atoms with Crippen molar-refractivity contribution in [2.45, 2.75) is 13.1 Å². The van der Waals surface area contributed by atoms with Gasteiger partial charge in [-0.3, -0.25) is 0 Å². The van der Waals surface area contributed by atoms with E-state index in [4.69, 9.17) is 11.0 Å². The molecule has 0 fully saturated rings. The van der Waals surface area contributed by atoms with Gasteiger partial charge in [0.15, 0.2) is 5.82 Å². The number of hydrogen-bond acceptors (Lipinski definition) is 6. The largest absolute Gasteiger partial charge is 0.397 e.